The second kappa shape index (κ2) is 11.5. The Morgan fingerprint density at radius 2 is 1.86 bits per heavy atom. The van der Waals surface area contributed by atoms with Crippen molar-refractivity contribution in [2.45, 2.75) is 32.4 Å². The minimum Gasteiger partial charge on any atom is -0.493 e. The van der Waals surface area contributed by atoms with Crippen LogP contribution >= 0.6 is 11.6 Å². The highest BCUT2D eigenvalue weighted by Crippen LogP contribution is 2.44. The summed E-state index contributed by atoms with van der Waals surface area (Å²) in [7, 11) is 3.43. The summed E-state index contributed by atoms with van der Waals surface area (Å²) in [5.74, 6) is 1.50. The smallest absolute Gasteiger partial charge is 0.166 e. The Kier molecular flexibility index (Phi) is 7.93. The van der Waals surface area contributed by atoms with Gasteiger partial charge in [0, 0.05) is 66.7 Å². The number of nitrogens with zero attached hydrogens (tertiary/aromatic N) is 4. The Bertz CT molecular complexity index is 1350. The molecule has 1 aliphatic rings. The number of hydrogen-bond acceptors (Lipinski definition) is 6. The van der Waals surface area contributed by atoms with Crippen LogP contribution in [0.3, 0.4) is 0 Å². The molecule has 1 fully saturated rings. The minimum absolute atomic E-state index is 0.131. The van der Waals surface area contributed by atoms with Crippen LogP contribution in [0.4, 0.5) is 0 Å². The second-order valence-corrected chi connectivity index (χ2v) is 9.89. The van der Waals surface area contributed by atoms with E-state index >= 15 is 0 Å². The van der Waals surface area contributed by atoms with Gasteiger partial charge in [-0.15, -0.1) is 0 Å². The van der Waals surface area contributed by atoms with Gasteiger partial charge >= 0.3 is 0 Å². The Balaban J connectivity index is 1.61. The molecular weight excluding hydrogens is 486 g/mol. The lowest BCUT2D eigenvalue weighted by Gasteiger charge is -2.36. The molecule has 0 saturated carbocycles. The van der Waals surface area contributed by atoms with Crippen LogP contribution in [0.2, 0.25) is 5.02 Å². The first-order valence-electron chi connectivity index (χ1n) is 12.8. The number of benzene rings is 2. The summed E-state index contributed by atoms with van der Waals surface area (Å²) in [6.45, 7) is 6.61. The van der Waals surface area contributed by atoms with E-state index < -0.39 is 0 Å². The molecule has 0 bridgehead atoms. The number of fused-ring (bicyclic) bond motifs is 1. The highest BCUT2D eigenvalue weighted by atomic mass is 35.5. The third kappa shape index (κ3) is 5.30. The quantitative estimate of drug-likeness (QED) is 0.334. The molecule has 1 N–H and O–H groups in total. The Hall–Kier alpha value is -3.13. The summed E-state index contributed by atoms with van der Waals surface area (Å²) in [6, 6.07) is 12.4. The van der Waals surface area contributed by atoms with Gasteiger partial charge in [-0.3, -0.25) is 14.6 Å². The van der Waals surface area contributed by atoms with Gasteiger partial charge in [0.2, 0.25) is 0 Å². The van der Waals surface area contributed by atoms with Gasteiger partial charge in [0.25, 0.3) is 0 Å². The molecule has 0 aliphatic carbocycles. The number of halogens is 1. The molecule has 1 aliphatic heterocycles. The van der Waals surface area contributed by atoms with Crippen molar-refractivity contribution in [1.29, 1.82) is 0 Å². The van der Waals surface area contributed by atoms with Crippen molar-refractivity contribution in [3.63, 3.8) is 0 Å². The predicted octanol–water partition coefficient (Wildman–Crippen LogP) is 5.04. The molecule has 1 atom stereocenters. The van der Waals surface area contributed by atoms with E-state index in [1.807, 2.05) is 53.6 Å². The lowest BCUT2D eigenvalue weighted by molar-refractivity contribution is 0.163. The molecule has 8 heteroatoms. The van der Waals surface area contributed by atoms with Gasteiger partial charge in [0.1, 0.15) is 0 Å². The van der Waals surface area contributed by atoms with E-state index in [-0.39, 0.29) is 6.04 Å². The van der Waals surface area contributed by atoms with E-state index in [4.69, 9.17) is 26.2 Å². The van der Waals surface area contributed by atoms with Gasteiger partial charge in [-0.1, -0.05) is 23.7 Å². The summed E-state index contributed by atoms with van der Waals surface area (Å²) in [5, 5.41) is 10.2. The molecule has 5 rings (SSSR count). The first-order valence-corrected chi connectivity index (χ1v) is 13.2. The molecule has 2 aromatic carbocycles. The molecule has 2 aromatic heterocycles. The van der Waals surface area contributed by atoms with Crippen molar-refractivity contribution in [3.8, 4) is 11.5 Å². The summed E-state index contributed by atoms with van der Waals surface area (Å²) in [4.78, 5) is 6.71. The summed E-state index contributed by atoms with van der Waals surface area (Å²) >= 11 is 6.46. The zero-order valence-corrected chi connectivity index (χ0v) is 22.5. The van der Waals surface area contributed by atoms with Gasteiger partial charge in [0.15, 0.2) is 11.5 Å². The summed E-state index contributed by atoms with van der Waals surface area (Å²) in [6.07, 6.45) is 7.44. The molecule has 1 unspecified atom stereocenters. The minimum atomic E-state index is 0.131. The van der Waals surface area contributed by atoms with Crippen LogP contribution < -0.4 is 14.8 Å². The fourth-order valence-corrected chi connectivity index (χ4v) is 5.59. The lowest BCUT2D eigenvalue weighted by atomic mass is 9.92. The van der Waals surface area contributed by atoms with Crippen LogP contribution in [-0.2, 0) is 13.0 Å². The average Bonchev–Trinajstić information content (AvgIpc) is 3.33. The predicted molar refractivity (Wildman–Crippen MR) is 148 cm³/mol. The third-order valence-electron chi connectivity index (χ3n) is 7.40. The van der Waals surface area contributed by atoms with Gasteiger partial charge in [0.05, 0.1) is 32.5 Å². The molecule has 194 valence electrons. The van der Waals surface area contributed by atoms with Crippen LogP contribution in [0.5, 0.6) is 11.5 Å². The van der Waals surface area contributed by atoms with Gasteiger partial charge in [-0.05, 0) is 54.7 Å². The van der Waals surface area contributed by atoms with E-state index in [1.54, 1.807) is 14.2 Å². The Morgan fingerprint density at radius 3 is 2.59 bits per heavy atom. The molecule has 4 aromatic rings. The molecule has 0 spiro atoms. The Morgan fingerprint density at radius 1 is 1.08 bits per heavy atom. The van der Waals surface area contributed by atoms with E-state index in [2.05, 4.69) is 28.2 Å². The maximum absolute atomic E-state index is 6.46. The van der Waals surface area contributed by atoms with Crippen molar-refractivity contribution < 1.29 is 9.47 Å². The topological polar surface area (TPSA) is 64.4 Å². The number of aryl methyl sites for hydroxylation is 1. The van der Waals surface area contributed by atoms with E-state index in [9.17, 15) is 0 Å². The highest BCUT2D eigenvalue weighted by Gasteiger charge is 2.30. The van der Waals surface area contributed by atoms with Crippen LogP contribution in [0.15, 0.2) is 55.0 Å². The number of aromatic nitrogens is 3. The summed E-state index contributed by atoms with van der Waals surface area (Å²) in [5.41, 5.74) is 5.74. The fraction of sp³-hybridized carbons (Fsp3) is 0.379. The van der Waals surface area contributed by atoms with Gasteiger partial charge in [-0.2, -0.15) is 5.10 Å². The molecule has 0 amide bonds. The van der Waals surface area contributed by atoms with Gasteiger partial charge < -0.3 is 14.8 Å². The fourth-order valence-electron chi connectivity index (χ4n) is 5.40. The highest BCUT2D eigenvalue weighted by molar-refractivity contribution is 6.31. The molecule has 7 nitrogen and oxygen atoms in total. The number of methoxy groups -OCH3 is 2. The number of hydrogen-bond donors (Lipinski definition) is 1. The van der Waals surface area contributed by atoms with E-state index in [0.29, 0.717) is 6.54 Å². The van der Waals surface area contributed by atoms with Crippen molar-refractivity contribution in [3.05, 3.63) is 82.3 Å². The summed E-state index contributed by atoms with van der Waals surface area (Å²) < 4.78 is 13.9. The van der Waals surface area contributed by atoms with E-state index in [1.165, 1.54) is 5.56 Å². The normalized spacial score (nSPS) is 15.1. The molecule has 1 saturated heterocycles. The van der Waals surface area contributed by atoms with Crippen molar-refractivity contribution >= 4 is 22.5 Å². The van der Waals surface area contributed by atoms with E-state index in [0.717, 1.165) is 83.1 Å². The number of piperazine rings is 1. The molecule has 0 radical (unpaired) electrons. The van der Waals surface area contributed by atoms with Crippen LogP contribution in [-0.4, -0.2) is 60.1 Å². The SMILES string of the molecule is COc1cc2c(cnn2Cc2ccncc2)c(C(CCc2cccc(Cl)c2C)N2CCNCC2)c1OC. The van der Waals surface area contributed by atoms with Crippen molar-refractivity contribution in [2.24, 2.45) is 0 Å². The number of rotatable bonds is 9. The average molecular weight is 520 g/mol. The van der Waals surface area contributed by atoms with Gasteiger partial charge in [-0.25, -0.2) is 0 Å². The second-order valence-electron chi connectivity index (χ2n) is 9.48. The largest absolute Gasteiger partial charge is 0.493 e. The first-order chi connectivity index (χ1) is 18.1. The molecule has 3 heterocycles. The third-order valence-corrected chi connectivity index (χ3v) is 7.81. The number of nitrogens with one attached hydrogen (secondary N) is 1. The standard InChI is InChI=1S/C29H34ClN5O2/c1-20-22(5-4-6-24(20)30)7-8-25(34-15-13-32-14-16-34)28-23-18-33-35(19-21-9-11-31-12-10-21)26(23)17-27(36-2)29(28)37-3/h4-6,9-12,17-18,25,32H,7-8,13-16,19H2,1-3H3. The zero-order chi connectivity index (χ0) is 25.8. The van der Waals surface area contributed by atoms with Crippen molar-refractivity contribution in [2.75, 3.05) is 40.4 Å². The lowest BCUT2D eigenvalue weighted by Crippen LogP contribution is -2.45. The molecule has 37 heavy (non-hydrogen) atoms. The monoisotopic (exact) mass is 519 g/mol. The van der Waals surface area contributed by atoms with Crippen LogP contribution in [0, 0.1) is 6.92 Å². The van der Waals surface area contributed by atoms with Crippen LogP contribution in [0.1, 0.15) is 34.7 Å². The number of ether oxygens (including phenoxy) is 2. The maximum Gasteiger partial charge on any atom is 0.166 e. The zero-order valence-electron chi connectivity index (χ0n) is 21.7. The number of pyridine rings is 1. The molecular formula is C29H34ClN5O2. The van der Waals surface area contributed by atoms with Crippen molar-refractivity contribution in [1.82, 2.24) is 25.0 Å². The Labute approximate surface area is 223 Å². The first kappa shape index (κ1) is 25.5. The van der Waals surface area contributed by atoms with Crippen LogP contribution in [0.25, 0.3) is 10.9 Å². The maximum atomic E-state index is 6.46.